The van der Waals surface area contributed by atoms with Crippen molar-refractivity contribution in [2.24, 2.45) is 0 Å². The van der Waals surface area contributed by atoms with Gasteiger partial charge in [-0.15, -0.1) is 6.58 Å². The fraction of sp³-hybridized carbons (Fsp3) is 0.175. The number of aromatic nitrogens is 2. The number of benzene rings is 5. The van der Waals surface area contributed by atoms with Crippen molar-refractivity contribution in [2.45, 2.75) is 46.0 Å². The number of nitrogens with zero attached hydrogens (tertiary/aromatic N) is 2. The average molecular weight is 561 g/mol. The van der Waals surface area contributed by atoms with Crippen molar-refractivity contribution in [3.8, 4) is 28.2 Å². The van der Waals surface area contributed by atoms with E-state index in [2.05, 4.69) is 142 Å². The van der Waals surface area contributed by atoms with Crippen molar-refractivity contribution in [3.63, 3.8) is 0 Å². The molecule has 0 radical (unpaired) electrons. The van der Waals surface area contributed by atoms with Gasteiger partial charge in [0.25, 0.3) is 0 Å². The van der Waals surface area contributed by atoms with E-state index < -0.39 is 0 Å². The molecule has 0 saturated heterocycles. The van der Waals surface area contributed by atoms with E-state index in [0.717, 1.165) is 56.3 Å². The number of allylic oxidation sites excluding steroid dienone is 1. The molecule has 0 unspecified atom stereocenters. The lowest BCUT2D eigenvalue weighted by atomic mass is 9.88. The van der Waals surface area contributed by atoms with Gasteiger partial charge in [-0.2, -0.15) is 0 Å². The first-order valence-corrected chi connectivity index (χ1v) is 15.2. The molecule has 0 fully saturated rings. The van der Waals surface area contributed by atoms with Gasteiger partial charge in [0, 0.05) is 10.8 Å². The van der Waals surface area contributed by atoms with Gasteiger partial charge < -0.3 is 4.42 Å². The number of hydrogen-bond donors (Lipinski definition) is 0. The molecule has 0 spiro atoms. The van der Waals surface area contributed by atoms with E-state index in [-0.39, 0.29) is 0 Å². The summed E-state index contributed by atoms with van der Waals surface area (Å²) in [5, 5.41) is 2.22. The molecule has 212 valence electrons. The number of imidazole rings is 1. The smallest absolute Gasteiger partial charge is 0.149 e. The van der Waals surface area contributed by atoms with Gasteiger partial charge in [0.1, 0.15) is 17.0 Å². The van der Waals surface area contributed by atoms with Crippen molar-refractivity contribution in [3.05, 3.63) is 132 Å². The summed E-state index contributed by atoms with van der Waals surface area (Å²) >= 11 is 0. The van der Waals surface area contributed by atoms with E-state index in [0.29, 0.717) is 11.8 Å². The maximum atomic E-state index is 6.74. The van der Waals surface area contributed by atoms with Crippen LogP contribution in [0.25, 0.3) is 61.2 Å². The first-order chi connectivity index (χ1) is 21.0. The van der Waals surface area contributed by atoms with Gasteiger partial charge in [-0.25, -0.2) is 4.98 Å². The lowest BCUT2D eigenvalue weighted by molar-refractivity contribution is 0.665. The van der Waals surface area contributed by atoms with Gasteiger partial charge in [-0.1, -0.05) is 107 Å². The summed E-state index contributed by atoms with van der Waals surface area (Å²) in [6.45, 7) is 13.1. The highest BCUT2D eigenvalue weighted by Crippen LogP contribution is 2.42. The first kappa shape index (κ1) is 27.0. The Bertz CT molecular complexity index is 2100. The molecule has 0 bridgehead atoms. The molecular formula is C40H36N2O. The molecule has 0 aliphatic heterocycles. The summed E-state index contributed by atoms with van der Waals surface area (Å²) in [6, 6.07) is 36.7. The van der Waals surface area contributed by atoms with Gasteiger partial charge in [-0.05, 0) is 76.4 Å². The van der Waals surface area contributed by atoms with Crippen molar-refractivity contribution in [2.75, 3.05) is 0 Å². The van der Waals surface area contributed by atoms with Crippen molar-refractivity contribution >= 4 is 33.0 Å². The number of rotatable bonds is 7. The zero-order chi connectivity index (χ0) is 29.7. The Morgan fingerprint density at radius 3 is 2.07 bits per heavy atom. The van der Waals surface area contributed by atoms with E-state index in [1.165, 1.54) is 27.9 Å². The van der Waals surface area contributed by atoms with Crippen LogP contribution in [-0.4, -0.2) is 9.55 Å². The standard InChI is InChI=1S/C40H36N2O/c1-6-14-28-17-12-18-30-31-19-13-20-32(39(31)43-38(28)30)40-41-35-21-10-11-22-36(35)42(40)37-33(25(2)3)23-29(24-34(37)26(4)5)27-15-8-7-9-16-27/h6-13,15-26H,1,14H2,2-5H3. The second-order valence-corrected chi connectivity index (χ2v) is 12.0. The van der Waals surface area contributed by atoms with Gasteiger partial charge in [0.2, 0.25) is 0 Å². The third-order valence-corrected chi connectivity index (χ3v) is 8.52. The Morgan fingerprint density at radius 2 is 1.37 bits per heavy atom. The normalized spacial score (nSPS) is 11.9. The highest BCUT2D eigenvalue weighted by molar-refractivity contribution is 6.10. The Hall–Kier alpha value is -4.89. The molecule has 0 N–H and O–H groups in total. The highest BCUT2D eigenvalue weighted by atomic mass is 16.3. The van der Waals surface area contributed by atoms with Crippen LogP contribution in [0.2, 0.25) is 0 Å². The predicted molar refractivity (Wildman–Crippen MR) is 181 cm³/mol. The van der Waals surface area contributed by atoms with Crippen LogP contribution in [0.3, 0.4) is 0 Å². The van der Waals surface area contributed by atoms with E-state index in [1.807, 2.05) is 6.08 Å². The first-order valence-electron chi connectivity index (χ1n) is 15.2. The molecule has 3 heteroatoms. The van der Waals surface area contributed by atoms with Crippen LogP contribution in [0.4, 0.5) is 0 Å². The molecular weight excluding hydrogens is 524 g/mol. The summed E-state index contributed by atoms with van der Waals surface area (Å²) in [4.78, 5) is 5.31. The molecule has 0 atom stereocenters. The molecule has 43 heavy (non-hydrogen) atoms. The average Bonchev–Trinajstić information content (AvgIpc) is 3.60. The predicted octanol–water partition coefficient (Wildman–Crippen LogP) is 11.2. The fourth-order valence-electron chi connectivity index (χ4n) is 6.42. The van der Waals surface area contributed by atoms with Crippen LogP contribution in [0.15, 0.2) is 120 Å². The molecule has 0 saturated carbocycles. The molecule has 2 aromatic heterocycles. The maximum Gasteiger partial charge on any atom is 0.149 e. The zero-order valence-corrected chi connectivity index (χ0v) is 25.3. The molecule has 0 amide bonds. The van der Waals surface area contributed by atoms with E-state index in [1.54, 1.807) is 0 Å². The summed E-state index contributed by atoms with van der Waals surface area (Å²) in [6.07, 6.45) is 2.69. The molecule has 3 nitrogen and oxygen atoms in total. The lowest BCUT2D eigenvalue weighted by Gasteiger charge is -2.24. The summed E-state index contributed by atoms with van der Waals surface area (Å²) < 4.78 is 9.13. The van der Waals surface area contributed by atoms with Crippen LogP contribution in [0.1, 0.15) is 56.2 Å². The molecule has 5 aromatic carbocycles. The lowest BCUT2D eigenvalue weighted by Crippen LogP contribution is -2.09. The second-order valence-electron chi connectivity index (χ2n) is 12.0. The number of furan rings is 1. The minimum absolute atomic E-state index is 0.300. The molecule has 7 rings (SSSR count). The van der Waals surface area contributed by atoms with Gasteiger partial charge >= 0.3 is 0 Å². The zero-order valence-electron chi connectivity index (χ0n) is 25.3. The molecule has 2 heterocycles. The van der Waals surface area contributed by atoms with Crippen LogP contribution in [-0.2, 0) is 6.42 Å². The quantitative estimate of drug-likeness (QED) is 0.182. The van der Waals surface area contributed by atoms with Gasteiger partial charge in [0.05, 0.1) is 22.3 Å². The Morgan fingerprint density at radius 1 is 0.721 bits per heavy atom. The van der Waals surface area contributed by atoms with Crippen molar-refractivity contribution < 1.29 is 4.42 Å². The fourth-order valence-corrected chi connectivity index (χ4v) is 6.42. The van der Waals surface area contributed by atoms with E-state index in [4.69, 9.17) is 9.40 Å². The summed E-state index contributed by atoms with van der Waals surface area (Å²) in [5.41, 5.74) is 12.3. The Labute approximate surface area is 253 Å². The second kappa shape index (κ2) is 10.7. The van der Waals surface area contributed by atoms with E-state index >= 15 is 0 Å². The topological polar surface area (TPSA) is 31.0 Å². The molecule has 0 aliphatic carbocycles. The summed E-state index contributed by atoms with van der Waals surface area (Å²) in [5.74, 6) is 1.50. The van der Waals surface area contributed by atoms with Crippen LogP contribution in [0.5, 0.6) is 0 Å². The minimum atomic E-state index is 0.300. The highest BCUT2D eigenvalue weighted by Gasteiger charge is 2.25. The number of fused-ring (bicyclic) bond motifs is 4. The number of hydrogen-bond acceptors (Lipinski definition) is 2. The van der Waals surface area contributed by atoms with Crippen molar-refractivity contribution in [1.82, 2.24) is 9.55 Å². The van der Waals surface area contributed by atoms with Gasteiger partial charge in [0.15, 0.2) is 0 Å². The van der Waals surface area contributed by atoms with Gasteiger partial charge in [-0.3, -0.25) is 4.57 Å². The van der Waals surface area contributed by atoms with Crippen LogP contribution in [0, 0.1) is 0 Å². The maximum absolute atomic E-state index is 6.74. The molecule has 0 aliphatic rings. The third kappa shape index (κ3) is 4.47. The van der Waals surface area contributed by atoms with Crippen molar-refractivity contribution in [1.29, 1.82) is 0 Å². The van der Waals surface area contributed by atoms with Crippen LogP contribution >= 0.6 is 0 Å². The summed E-state index contributed by atoms with van der Waals surface area (Å²) in [7, 11) is 0. The number of para-hydroxylation sites is 4. The van der Waals surface area contributed by atoms with E-state index in [9.17, 15) is 0 Å². The Balaban J connectivity index is 1.58. The van der Waals surface area contributed by atoms with Crippen LogP contribution < -0.4 is 0 Å². The SMILES string of the molecule is C=CCc1cccc2c1oc1c(-c3nc4ccccc4n3-c3c(C(C)C)cc(-c4ccccc4)cc3C(C)C)cccc12. The largest absolute Gasteiger partial charge is 0.455 e. The minimum Gasteiger partial charge on any atom is -0.455 e. The molecule has 7 aromatic rings. The third-order valence-electron chi connectivity index (χ3n) is 8.52. The monoisotopic (exact) mass is 560 g/mol. The Kier molecular flexibility index (Phi) is 6.74.